The van der Waals surface area contributed by atoms with Gasteiger partial charge in [0, 0.05) is 4.47 Å². The van der Waals surface area contributed by atoms with Crippen molar-refractivity contribution in [2.24, 2.45) is 0 Å². The lowest BCUT2D eigenvalue weighted by atomic mass is 10.1. The molecule has 9 heteroatoms. The molecule has 28 heavy (non-hydrogen) atoms. The zero-order chi connectivity index (χ0) is 20.3. The van der Waals surface area contributed by atoms with E-state index < -0.39 is 15.9 Å². The average Bonchev–Trinajstić information content (AvgIpc) is 2.65. The maximum absolute atomic E-state index is 12.6. The van der Waals surface area contributed by atoms with Crippen LogP contribution in [0.1, 0.15) is 18.5 Å². The first-order valence-corrected chi connectivity index (χ1v) is 11.3. The molecule has 1 aliphatic heterocycles. The number of nitrogens with zero attached hydrogens (tertiary/aromatic N) is 1. The highest BCUT2D eigenvalue weighted by Gasteiger charge is 2.24. The number of para-hydroxylation sites is 1. The number of anilines is 1. The number of carbonyl (C=O) groups is 1. The van der Waals surface area contributed by atoms with E-state index in [-0.39, 0.29) is 12.6 Å². The predicted molar refractivity (Wildman–Crippen MR) is 110 cm³/mol. The molecule has 0 unspecified atom stereocenters. The smallest absolute Gasteiger partial charge is 0.241 e. The lowest BCUT2D eigenvalue weighted by molar-refractivity contribution is -0.120. The van der Waals surface area contributed by atoms with Crippen molar-refractivity contribution in [2.75, 3.05) is 30.3 Å². The molecule has 0 saturated carbocycles. The first kappa shape index (κ1) is 20.5. The van der Waals surface area contributed by atoms with Gasteiger partial charge in [0.2, 0.25) is 15.9 Å². The molecule has 0 aromatic heterocycles. The Bertz CT molecular complexity index is 980. The van der Waals surface area contributed by atoms with Gasteiger partial charge >= 0.3 is 0 Å². The molecule has 0 spiro atoms. The lowest BCUT2D eigenvalue weighted by Crippen LogP contribution is -2.41. The Morgan fingerprint density at radius 1 is 1.18 bits per heavy atom. The van der Waals surface area contributed by atoms with Crippen LogP contribution in [0.5, 0.6) is 11.5 Å². The minimum atomic E-state index is -3.64. The van der Waals surface area contributed by atoms with E-state index in [9.17, 15) is 13.2 Å². The summed E-state index contributed by atoms with van der Waals surface area (Å²) in [6.45, 7) is 2.49. The minimum absolute atomic E-state index is 0.323. The molecule has 0 radical (unpaired) electrons. The van der Waals surface area contributed by atoms with Crippen LogP contribution < -0.4 is 19.1 Å². The van der Waals surface area contributed by atoms with Crippen molar-refractivity contribution in [2.45, 2.75) is 13.0 Å². The van der Waals surface area contributed by atoms with Gasteiger partial charge in [-0.3, -0.25) is 9.10 Å². The van der Waals surface area contributed by atoms with E-state index in [0.29, 0.717) is 34.9 Å². The molecule has 150 valence electrons. The number of ether oxygens (including phenoxy) is 2. The molecule has 1 heterocycles. The Labute approximate surface area is 172 Å². The number of nitrogens with one attached hydrogen (secondary N) is 1. The largest absolute Gasteiger partial charge is 0.486 e. The van der Waals surface area contributed by atoms with E-state index in [4.69, 9.17) is 9.47 Å². The van der Waals surface area contributed by atoms with Crippen LogP contribution in [0, 0.1) is 0 Å². The second-order valence-electron chi connectivity index (χ2n) is 6.41. The normalized spacial score (nSPS) is 14.2. The first-order valence-electron chi connectivity index (χ1n) is 8.67. The van der Waals surface area contributed by atoms with Crippen molar-refractivity contribution in [1.29, 1.82) is 0 Å². The van der Waals surface area contributed by atoms with E-state index in [1.807, 2.05) is 19.1 Å². The third kappa shape index (κ3) is 4.77. The van der Waals surface area contributed by atoms with Crippen LogP contribution in [0.15, 0.2) is 46.9 Å². The van der Waals surface area contributed by atoms with E-state index in [0.717, 1.165) is 16.1 Å². The number of sulfonamides is 1. The Morgan fingerprint density at radius 3 is 2.54 bits per heavy atom. The molecule has 0 aliphatic carbocycles. The maximum Gasteiger partial charge on any atom is 0.241 e. The summed E-state index contributed by atoms with van der Waals surface area (Å²) < 4.78 is 37.2. The van der Waals surface area contributed by atoms with Crippen molar-refractivity contribution in [3.8, 4) is 11.5 Å². The predicted octanol–water partition coefficient (Wildman–Crippen LogP) is 2.86. The van der Waals surface area contributed by atoms with Crippen LogP contribution in [-0.2, 0) is 14.8 Å². The van der Waals surface area contributed by atoms with Crippen LogP contribution in [-0.4, -0.2) is 40.3 Å². The zero-order valence-corrected chi connectivity index (χ0v) is 17.9. The summed E-state index contributed by atoms with van der Waals surface area (Å²) in [5.74, 6) is 0.894. The van der Waals surface area contributed by atoms with Crippen molar-refractivity contribution >= 4 is 37.5 Å². The molecule has 3 rings (SSSR count). The van der Waals surface area contributed by atoms with Gasteiger partial charge in [-0.25, -0.2) is 8.42 Å². The van der Waals surface area contributed by atoms with Crippen molar-refractivity contribution in [3.05, 3.63) is 52.5 Å². The third-order valence-electron chi connectivity index (χ3n) is 4.25. The Balaban J connectivity index is 1.73. The van der Waals surface area contributed by atoms with E-state index >= 15 is 0 Å². The molecule has 2 aromatic rings. The van der Waals surface area contributed by atoms with Gasteiger partial charge in [0.25, 0.3) is 0 Å². The second kappa shape index (κ2) is 8.40. The van der Waals surface area contributed by atoms with Crippen LogP contribution in [0.3, 0.4) is 0 Å². The molecular weight excluding hydrogens is 448 g/mol. The fourth-order valence-corrected chi connectivity index (χ4v) is 4.35. The number of hydrogen-bond acceptors (Lipinski definition) is 5. The van der Waals surface area contributed by atoms with E-state index in [1.165, 1.54) is 0 Å². The molecule has 2 aromatic carbocycles. The minimum Gasteiger partial charge on any atom is -0.486 e. The number of halogens is 1. The number of carbonyl (C=O) groups excluding carboxylic acids is 1. The number of rotatable bonds is 6. The molecule has 1 aliphatic rings. The van der Waals surface area contributed by atoms with Crippen LogP contribution in [0.4, 0.5) is 5.69 Å². The molecular formula is C19H21BrN2O5S. The molecule has 1 N–H and O–H groups in total. The molecule has 7 nitrogen and oxygen atoms in total. The number of hydrogen-bond donors (Lipinski definition) is 1. The van der Waals surface area contributed by atoms with Gasteiger partial charge < -0.3 is 14.8 Å². The van der Waals surface area contributed by atoms with Crippen molar-refractivity contribution < 1.29 is 22.7 Å². The third-order valence-corrected chi connectivity index (χ3v) is 6.05. The quantitative estimate of drug-likeness (QED) is 0.704. The van der Waals surface area contributed by atoms with Gasteiger partial charge in [-0.15, -0.1) is 0 Å². The summed E-state index contributed by atoms with van der Waals surface area (Å²) in [5, 5.41) is 2.84. The van der Waals surface area contributed by atoms with Crippen molar-refractivity contribution in [3.63, 3.8) is 0 Å². The highest BCUT2D eigenvalue weighted by atomic mass is 79.9. The monoisotopic (exact) mass is 468 g/mol. The Morgan fingerprint density at radius 2 is 1.86 bits per heavy atom. The summed E-state index contributed by atoms with van der Waals surface area (Å²) in [4.78, 5) is 12.6. The van der Waals surface area contributed by atoms with E-state index in [1.54, 1.807) is 30.3 Å². The maximum atomic E-state index is 12.6. The van der Waals surface area contributed by atoms with Crippen LogP contribution in [0.2, 0.25) is 0 Å². The zero-order valence-electron chi connectivity index (χ0n) is 15.5. The molecule has 0 bridgehead atoms. The molecule has 0 saturated heterocycles. The highest BCUT2D eigenvalue weighted by Crippen LogP contribution is 2.32. The summed E-state index contributed by atoms with van der Waals surface area (Å²) in [7, 11) is -3.64. The highest BCUT2D eigenvalue weighted by molar-refractivity contribution is 9.10. The lowest BCUT2D eigenvalue weighted by Gasteiger charge is -2.24. The fourth-order valence-electron chi connectivity index (χ4n) is 2.87. The average molecular weight is 469 g/mol. The first-order chi connectivity index (χ1) is 13.3. The number of fused-ring (bicyclic) bond motifs is 1. The van der Waals surface area contributed by atoms with Gasteiger partial charge in [0.15, 0.2) is 11.5 Å². The number of benzene rings is 2. The van der Waals surface area contributed by atoms with E-state index in [2.05, 4.69) is 21.2 Å². The standard InChI is InChI=1S/C19H21BrN2O5S/c1-13(14-7-8-17-18(11-14)27-10-9-26-17)21-19(23)12-22(28(2,24)25)16-6-4-3-5-15(16)20/h3-8,11,13H,9-10,12H2,1-2H3,(H,21,23)/t13-/m0/s1. The Hall–Kier alpha value is -2.26. The van der Waals surface area contributed by atoms with Crippen LogP contribution in [0.25, 0.3) is 0 Å². The SMILES string of the molecule is C[C@H](NC(=O)CN(c1ccccc1Br)S(C)(=O)=O)c1ccc2c(c1)OCCO2. The summed E-state index contributed by atoms with van der Waals surface area (Å²) in [6, 6.07) is 12.0. The van der Waals surface area contributed by atoms with Gasteiger partial charge in [0.05, 0.1) is 18.0 Å². The summed E-state index contributed by atoms with van der Waals surface area (Å²) in [5.41, 5.74) is 1.25. The topological polar surface area (TPSA) is 84.9 Å². The van der Waals surface area contributed by atoms with Gasteiger partial charge in [-0.05, 0) is 52.7 Å². The second-order valence-corrected chi connectivity index (χ2v) is 9.17. The van der Waals surface area contributed by atoms with Gasteiger partial charge in [0.1, 0.15) is 19.8 Å². The van der Waals surface area contributed by atoms with Crippen molar-refractivity contribution in [1.82, 2.24) is 5.32 Å². The fraction of sp³-hybridized carbons (Fsp3) is 0.316. The summed E-state index contributed by atoms with van der Waals surface area (Å²) >= 11 is 3.34. The summed E-state index contributed by atoms with van der Waals surface area (Å²) in [6.07, 6.45) is 1.07. The molecule has 1 atom stereocenters. The van der Waals surface area contributed by atoms with Gasteiger partial charge in [-0.1, -0.05) is 18.2 Å². The van der Waals surface area contributed by atoms with Crippen LogP contribution >= 0.6 is 15.9 Å². The van der Waals surface area contributed by atoms with Gasteiger partial charge in [-0.2, -0.15) is 0 Å². The number of amides is 1. The Kier molecular flexibility index (Phi) is 6.14. The molecule has 1 amide bonds. The molecule has 0 fully saturated rings.